The zero-order valence-corrected chi connectivity index (χ0v) is 12.2. The second-order valence-electron chi connectivity index (χ2n) is 5.29. The Morgan fingerprint density at radius 1 is 1.06 bits per heavy atom. The first-order valence-corrected chi connectivity index (χ1v) is 6.87. The fourth-order valence-corrected chi connectivity index (χ4v) is 1.42. The van der Waals surface area contributed by atoms with Crippen molar-refractivity contribution in [1.82, 2.24) is 0 Å². The van der Waals surface area contributed by atoms with Crippen LogP contribution in [0, 0.1) is 23.7 Å². The number of allylic oxidation sites excluding steroid dienone is 4. The minimum absolute atomic E-state index is 0.852. The van der Waals surface area contributed by atoms with Crippen LogP contribution in [-0.2, 0) is 0 Å². The van der Waals surface area contributed by atoms with Crippen molar-refractivity contribution in [2.75, 3.05) is 0 Å². The first-order valence-electron chi connectivity index (χ1n) is 6.87. The van der Waals surface area contributed by atoms with E-state index in [4.69, 9.17) is 0 Å². The molecule has 0 bridgehead atoms. The molecule has 0 heterocycles. The van der Waals surface area contributed by atoms with Crippen molar-refractivity contribution in [3.63, 3.8) is 0 Å². The molecule has 2 rings (SSSR count). The third-order valence-corrected chi connectivity index (χ3v) is 3.48. The largest absolute Gasteiger partial charge is 0.0808 e. The van der Waals surface area contributed by atoms with Crippen LogP contribution < -0.4 is 0 Å². The molecule has 0 aliphatic heterocycles. The molecule has 0 N–H and O–H groups in total. The Kier molecular flexibility index (Phi) is 7.45. The molecule has 0 saturated heterocycles. The monoisotopic (exact) mass is 222 g/mol. The van der Waals surface area contributed by atoms with Crippen molar-refractivity contribution < 1.29 is 0 Å². The van der Waals surface area contributed by atoms with Crippen LogP contribution in [0.3, 0.4) is 0 Å². The highest BCUT2D eigenvalue weighted by atomic mass is 14.4. The van der Waals surface area contributed by atoms with Crippen LogP contribution in [-0.4, -0.2) is 0 Å². The van der Waals surface area contributed by atoms with Crippen LogP contribution >= 0.6 is 0 Å². The molecular weight excluding hydrogens is 192 g/mol. The van der Waals surface area contributed by atoms with Crippen molar-refractivity contribution in [3.8, 4) is 0 Å². The van der Waals surface area contributed by atoms with E-state index in [1.165, 1.54) is 6.42 Å². The SMILES string of the molecule is CC.CC(C)C(C)C.CC1=CC=CC2CC12. The van der Waals surface area contributed by atoms with Crippen LogP contribution in [0.1, 0.15) is 54.9 Å². The van der Waals surface area contributed by atoms with Gasteiger partial charge in [-0.05, 0) is 37.0 Å². The molecule has 0 nitrogen and oxygen atoms in total. The van der Waals surface area contributed by atoms with Crippen LogP contribution in [0.4, 0.5) is 0 Å². The van der Waals surface area contributed by atoms with Crippen LogP contribution in [0.15, 0.2) is 23.8 Å². The third kappa shape index (κ3) is 5.53. The lowest BCUT2D eigenvalue weighted by molar-refractivity contribution is 0.457. The van der Waals surface area contributed by atoms with E-state index in [0.29, 0.717) is 0 Å². The Morgan fingerprint density at radius 2 is 1.56 bits per heavy atom. The predicted octanol–water partition coefficient (Wildman–Crippen LogP) is 5.46. The van der Waals surface area contributed by atoms with Gasteiger partial charge in [0.1, 0.15) is 0 Å². The van der Waals surface area contributed by atoms with Gasteiger partial charge in [0.2, 0.25) is 0 Å². The molecule has 1 saturated carbocycles. The summed E-state index contributed by atoms with van der Waals surface area (Å²) in [5.74, 6) is 3.58. The lowest BCUT2D eigenvalue weighted by Crippen LogP contribution is -1.95. The quantitative estimate of drug-likeness (QED) is 0.552. The Labute approximate surface area is 103 Å². The molecule has 94 valence electrons. The third-order valence-electron chi connectivity index (χ3n) is 3.48. The highest BCUT2D eigenvalue weighted by Gasteiger charge is 2.36. The predicted molar refractivity (Wildman–Crippen MR) is 75.5 cm³/mol. The molecule has 0 heteroatoms. The maximum atomic E-state index is 2.32. The molecule has 1 fully saturated rings. The molecule has 16 heavy (non-hydrogen) atoms. The second-order valence-corrected chi connectivity index (χ2v) is 5.29. The van der Waals surface area contributed by atoms with E-state index in [-0.39, 0.29) is 0 Å². The van der Waals surface area contributed by atoms with E-state index in [1.807, 2.05) is 13.8 Å². The highest BCUT2D eigenvalue weighted by molar-refractivity contribution is 5.28. The maximum absolute atomic E-state index is 2.32. The van der Waals surface area contributed by atoms with Gasteiger partial charge in [0.25, 0.3) is 0 Å². The van der Waals surface area contributed by atoms with Gasteiger partial charge in [-0.2, -0.15) is 0 Å². The van der Waals surface area contributed by atoms with Gasteiger partial charge < -0.3 is 0 Å². The summed E-state index contributed by atoms with van der Waals surface area (Å²) in [5.41, 5.74) is 1.58. The minimum Gasteiger partial charge on any atom is -0.0808 e. The fraction of sp³-hybridized carbons (Fsp3) is 0.750. The van der Waals surface area contributed by atoms with Crippen molar-refractivity contribution in [1.29, 1.82) is 0 Å². The van der Waals surface area contributed by atoms with Crippen LogP contribution in [0.2, 0.25) is 0 Å². The zero-order chi connectivity index (χ0) is 12.7. The van der Waals surface area contributed by atoms with Gasteiger partial charge in [0.15, 0.2) is 0 Å². The van der Waals surface area contributed by atoms with Crippen molar-refractivity contribution in [3.05, 3.63) is 23.8 Å². The average molecular weight is 222 g/mol. The summed E-state index contributed by atoms with van der Waals surface area (Å²) in [6, 6.07) is 0. The zero-order valence-electron chi connectivity index (χ0n) is 12.2. The normalized spacial score (nSPS) is 24.9. The summed E-state index contributed by atoms with van der Waals surface area (Å²) in [5, 5.41) is 0. The molecule has 2 unspecified atom stereocenters. The molecule has 0 aromatic carbocycles. The summed E-state index contributed by atoms with van der Waals surface area (Å²) in [6.07, 6.45) is 8.15. The first kappa shape index (κ1) is 15.5. The van der Waals surface area contributed by atoms with Crippen molar-refractivity contribution >= 4 is 0 Å². The molecule has 0 radical (unpaired) electrons. The number of fused-ring (bicyclic) bond motifs is 1. The maximum Gasteiger partial charge on any atom is -0.0134 e. The molecule has 2 atom stereocenters. The fourth-order valence-electron chi connectivity index (χ4n) is 1.42. The summed E-state index contributed by atoms with van der Waals surface area (Å²) < 4.78 is 0. The van der Waals surface area contributed by atoms with Crippen LogP contribution in [0.25, 0.3) is 0 Å². The Bertz CT molecular complexity index is 224. The highest BCUT2D eigenvalue weighted by Crippen LogP contribution is 2.46. The van der Waals surface area contributed by atoms with E-state index in [0.717, 1.165) is 23.7 Å². The molecular formula is C16H30. The van der Waals surface area contributed by atoms with Gasteiger partial charge in [0.05, 0.1) is 0 Å². The van der Waals surface area contributed by atoms with E-state index < -0.39 is 0 Å². The summed E-state index contributed by atoms with van der Waals surface area (Å²) in [7, 11) is 0. The van der Waals surface area contributed by atoms with Gasteiger partial charge in [-0.25, -0.2) is 0 Å². The summed E-state index contributed by atoms with van der Waals surface area (Å²) >= 11 is 0. The van der Waals surface area contributed by atoms with Crippen molar-refractivity contribution in [2.45, 2.75) is 54.9 Å². The molecule has 0 aromatic rings. The number of hydrogen-bond acceptors (Lipinski definition) is 0. The van der Waals surface area contributed by atoms with Gasteiger partial charge in [-0.1, -0.05) is 65.3 Å². The van der Waals surface area contributed by atoms with Gasteiger partial charge >= 0.3 is 0 Å². The van der Waals surface area contributed by atoms with E-state index in [9.17, 15) is 0 Å². The smallest absolute Gasteiger partial charge is 0.0134 e. The van der Waals surface area contributed by atoms with E-state index in [2.05, 4.69) is 52.8 Å². The second kappa shape index (κ2) is 7.70. The van der Waals surface area contributed by atoms with Gasteiger partial charge in [-0.3, -0.25) is 0 Å². The van der Waals surface area contributed by atoms with E-state index in [1.54, 1.807) is 5.57 Å². The number of hydrogen-bond donors (Lipinski definition) is 0. The molecule has 2 aliphatic carbocycles. The molecule has 0 aromatic heterocycles. The van der Waals surface area contributed by atoms with Crippen LogP contribution in [0.5, 0.6) is 0 Å². The Hall–Kier alpha value is -0.520. The minimum atomic E-state index is 0.852. The Morgan fingerprint density at radius 3 is 1.88 bits per heavy atom. The summed E-state index contributed by atoms with van der Waals surface area (Å²) in [6.45, 7) is 15.2. The average Bonchev–Trinajstić information content (AvgIpc) is 3.02. The lowest BCUT2D eigenvalue weighted by Gasteiger charge is -2.05. The lowest BCUT2D eigenvalue weighted by atomic mass is 10.0. The topological polar surface area (TPSA) is 0 Å². The van der Waals surface area contributed by atoms with E-state index >= 15 is 0 Å². The first-order chi connectivity index (χ1) is 7.52. The number of rotatable bonds is 1. The molecule has 0 amide bonds. The standard InChI is InChI=1S/C8H10.C6H14.C2H6/c1-6-3-2-4-7-5-8(6)7;1-5(2)6(3)4;1-2/h2-4,7-8H,5H2,1H3;5-6H,1-4H3;1-2H3. The van der Waals surface area contributed by atoms with Gasteiger partial charge in [0, 0.05) is 0 Å². The Balaban J connectivity index is 0.000000254. The van der Waals surface area contributed by atoms with Gasteiger partial charge in [-0.15, -0.1) is 0 Å². The molecule has 0 spiro atoms. The van der Waals surface area contributed by atoms with Crippen molar-refractivity contribution in [2.24, 2.45) is 23.7 Å². The molecule has 2 aliphatic rings. The summed E-state index contributed by atoms with van der Waals surface area (Å²) in [4.78, 5) is 0.